The Balaban J connectivity index is 2.21. The Morgan fingerprint density at radius 2 is 2.21 bits per heavy atom. The lowest BCUT2D eigenvalue weighted by atomic mass is 9.85. The molecule has 1 unspecified atom stereocenters. The largest absolute Gasteiger partial charge is 0.345 e. The number of carbonyl (C=O) groups is 1. The van der Waals surface area contributed by atoms with Gasteiger partial charge in [-0.2, -0.15) is 0 Å². The third-order valence-electron chi connectivity index (χ3n) is 3.14. The molecule has 1 saturated carbocycles. The van der Waals surface area contributed by atoms with E-state index in [9.17, 15) is 4.79 Å². The van der Waals surface area contributed by atoms with E-state index >= 15 is 0 Å². The minimum absolute atomic E-state index is 0.0336. The fraction of sp³-hybridized carbons (Fsp3) is 0.909. The molecule has 14 heavy (non-hydrogen) atoms. The van der Waals surface area contributed by atoms with Crippen LogP contribution in [0.2, 0.25) is 0 Å². The molecule has 1 fully saturated rings. The quantitative estimate of drug-likeness (QED) is 0.725. The van der Waals surface area contributed by atoms with Crippen LogP contribution >= 0.6 is 0 Å². The highest BCUT2D eigenvalue weighted by molar-refractivity contribution is 5.76. The molecule has 0 aromatic carbocycles. The normalized spacial score (nSPS) is 18.8. The van der Waals surface area contributed by atoms with E-state index in [1.54, 1.807) is 0 Å². The van der Waals surface area contributed by atoms with Crippen LogP contribution in [0, 0.1) is 5.92 Å². The highest BCUT2D eigenvalue weighted by Gasteiger charge is 2.21. The van der Waals surface area contributed by atoms with E-state index in [0.29, 0.717) is 6.42 Å². The van der Waals surface area contributed by atoms with E-state index in [-0.39, 0.29) is 11.9 Å². The average Bonchev–Trinajstić information content (AvgIpc) is 2.10. The molecule has 0 saturated heterocycles. The van der Waals surface area contributed by atoms with Gasteiger partial charge in [0, 0.05) is 26.1 Å². The zero-order valence-corrected chi connectivity index (χ0v) is 9.33. The molecule has 0 heterocycles. The lowest BCUT2D eigenvalue weighted by Crippen LogP contribution is -2.37. The predicted octanol–water partition coefficient (Wildman–Crippen LogP) is 1.37. The van der Waals surface area contributed by atoms with Crippen molar-refractivity contribution >= 4 is 5.91 Å². The molecule has 1 amide bonds. The van der Waals surface area contributed by atoms with Crippen LogP contribution in [0.5, 0.6) is 0 Å². The first kappa shape index (κ1) is 11.5. The Bertz CT molecular complexity index is 190. The molecular formula is C11H22N2O. The van der Waals surface area contributed by atoms with E-state index in [1.165, 1.54) is 19.3 Å². The van der Waals surface area contributed by atoms with E-state index in [2.05, 4.69) is 0 Å². The lowest BCUT2D eigenvalue weighted by Gasteiger charge is -2.30. The zero-order valence-electron chi connectivity index (χ0n) is 9.33. The summed E-state index contributed by atoms with van der Waals surface area (Å²) < 4.78 is 0. The van der Waals surface area contributed by atoms with Crippen molar-refractivity contribution in [3.63, 3.8) is 0 Å². The maximum atomic E-state index is 11.6. The SMILES string of the molecule is CCC(N)CC(=O)N(C)CC1CCC1. The van der Waals surface area contributed by atoms with Gasteiger partial charge < -0.3 is 10.6 Å². The molecule has 0 aromatic heterocycles. The Labute approximate surface area is 86.6 Å². The summed E-state index contributed by atoms with van der Waals surface area (Å²) in [7, 11) is 1.89. The van der Waals surface area contributed by atoms with Gasteiger partial charge in [-0.3, -0.25) is 4.79 Å². The van der Waals surface area contributed by atoms with Crippen LogP contribution in [-0.2, 0) is 4.79 Å². The molecule has 0 aliphatic heterocycles. The lowest BCUT2D eigenvalue weighted by molar-refractivity contribution is -0.131. The second-order valence-corrected chi connectivity index (χ2v) is 4.44. The second-order valence-electron chi connectivity index (χ2n) is 4.44. The molecule has 3 heteroatoms. The maximum absolute atomic E-state index is 11.6. The summed E-state index contributed by atoms with van der Waals surface area (Å²) in [6.45, 7) is 2.94. The van der Waals surface area contributed by atoms with E-state index in [1.807, 2.05) is 18.9 Å². The van der Waals surface area contributed by atoms with Gasteiger partial charge in [0.1, 0.15) is 0 Å². The topological polar surface area (TPSA) is 46.3 Å². The molecule has 1 aliphatic rings. The molecule has 0 bridgehead atoms. The Morgan fingerprint density at radius 1 is 1.57 bits per heavy atom. The number of nitrogens with zero attached hydrogens (tertiary/aromatic N) is 1. The molecule has 0 spiro atoms. The van der Waals surface area contributed by atoms with Gasteiger partial charge in [0.2, 0.25) is 5.91 Å². The van der Waals surface area contributed by atoms with Crippen LogP contribution in [-0.4, -0.2) is 30.4 Å². The fourth-order valence-corrected chi connectivity index (χ4v) is 1.69. The maximum Gasteiger partial charge on any atom is 0.223 e. The van der Waals surface area contributed by atoms with Gasteiger partial charge >= 0.3 is 0 Å². The van der Waals surface area contributed by atoms with Crippen LogP contribution in [0.25, 0.3) is 0 Å². The molecule has 0 radical (unpaired) electrons. The highest BCUT2D eigenvalue weighted by Crippen LogP contribution is 2.26. The van der Waals surface area contributed by atoms with Gasteiger partial charge in [-0.1, -0.05) is 13.3 Å². The summed E-state index contributed by atoms with van der Waals surface area (Å²) in [5.74, 6) is 0.952. The molecule has 2 N–H and O–H groups in total. The van der Waals surface area contributed by atoms with Crippen molar-refractivity contribution in [1.29, 1.82) is 0 Å². The van der Waals surface area contributed by atoms with Crippen LogP contribution in [0.1, 0.15) is 39.0 Å². The van der Waals surface area contributed by atoms with Crippen molar-refractivity contribution in [3.05, 3.63) is 0 Å². The third kappa shape index (κ3) is 3.29. The molecule has 1 rings (SSSR count). The van der Waals surface area contributed by atoms with Gasteiger partial charge in [0.15, 0.2) is 0 Å². The highest BCUT2D eigenvalue weighted by atomic mass is 16.2. The van der Waals surface area contributed by atoms with Crippen LogP contribution in [0.4, 0.5) is 0 Å². The Morgan fingerprint density at radius 3 is 2.64 bits per heavy atom. The molecular weight excluding hydrogens is 176 g/mol. The van der Waals surface area contributed by atoms with Crippen molar-refractivity contribution in [2.24, 2.45) is 11.7 Å². The Kier molecular flexibility index (Phi) is 4.39. The van der Waals surface area contributed by atoms with Crippen molar-refractivity contribution in [2.45, 2.75) is 45.1 Å². The zero-order chi connectivity index (χ0) is 10.6. The first-order valence-electron chi connectivity index (χ1n) is 5.63. The number of nitrogens with two attached hydrogens (primary N) is 1. The van der Waals surface area contributed by atoms with Gasteiger partial charge in [-0.05, 0) is 25.2 Å². The van der Waals surface area contributed by atoms with Gasteiger partial charge in [-0.15, -0.1) is 0 Å². The van der Waals surface area contributed by atoms with E-state index < -0.39 is 0 Å². The second kappa shape index (κ2) is 5.35. The van der Waals surface area contributed by atoms with Gasteiger partial charge in [0.05, 0.1) is 0 Å². The molecule has 1 aliphatic carbocycles. The first-order chi connectivity index (χ1) is 6.63. The van der Waals surface area contributed by atoms with Crippen molar-refractivity contribution < 1.29 is 4.79 Å². The predicted molar refractivity (Wildman–Crippen MR) is 57.9 cm³/mol. The number of amides is 1. The number of hydrogen-bond acceptors (Lipinski definition) is 2. The summed E-state index contributed by atoms with van der Waals surface area (Å²) in [6, 6.07) is 0.0336. The van der Waals surface area contributed by atoms with Crippen LogP contribution in [0.15, 0.2) is 0 Å². The summed E-state index contributed by atoms with van der Waals surface area (Å²) in [6.07, 6.45) is 5.29. The fourth-order valence-electron chi connectivity index (χ4n) is 1.69. The Hall–Kier alpha value is -0.570. The average molecular weight is 198 g/mol. The summed E-state index contributed by atoms with van der Waals surface area (Å²) >= 11 is 0. The molecule has 3 nitrogen and oxygen atoms in total. The smallest absolute Gasteiger partial charge is 0.223 e. The number of hydrogen-bond donors (Lipinski definition) is 1. The van der Waals surface area contributed by atoms with Crippen molar-refractivity contribution in [2.75, 3.05) is 13.6 Å². The third-order valence-corrected chi connectivity index (χ3v) is 3.14. The first-order valence-corrected chi connectivity index (χ1v) is 5.63. The van der Waals surface area contributed by atoms with Gasteiger partial charge in [0.25, 0.3) is 0 Å². The summed E-state index contributed by atoms with van der Waals surface area (Å²) in [5, 5.41) is 0. The number of rotatable bonds is 5. The molecule has 1 atom stereocenters. The van der Waals surface area contributed by atoms with Crippen LogP contribution in [0.3, 0.4) is 0 Å². The van der Waals surface area contributed by atoms with Gasteiger partial charge in [-0.25, -0.2) is 0 Å². The minimum Gasteiger partial charge on any atom is -0.345 e. The van der Waals surface area contributed by atoms with Crippen molar-refractivity contribution in [1.82, 2.24) is 4.90 Å². The summed E-state index contributed by atoms with van der Waals surface area (Å²) in [5.41, 5.74) is 5.74. The van der Waals surface area contributed by atoms with Crippen LogP contribution < -0.4 is 5.73 Å². The standard InChI is InChI=1S/C11H22N2O/c1-3-10(12)7-11(14)13(2)8-9-5-4-6-9/h9-10H,3-8,12H2,1-2H3. The van der Waals surface area contributed by atoms with Crippen molar-refractivity contribution in [3.8, 4) is 0 Å². The molecule has 0 aromatic rings. The number of carbonyl (C=O) groups excluding carboxylic acids is 1. The monoisotopic (exact) mass is 198 g/mol. The molecule has 82 valence electrons. The summed E-state index contributed by atoms with van der Waals surface area (Å²) in [4.78, 5) is 13.5. The van der Waals surface area contributed by atoms with E-state index in [4.69, 9.17) is 5.73 Å². The minimum atomic E-state index is 0.0336. The van der Waals surface area contributed by atoms with E-state index in [0.717, 1.165) is 18.9 Å².